The molecule has 6 heteroatoms. The molecule has 0 spiro atoms. The van der Waals surface area contributed by atoms with E-state index in [9.17, 15) is 9.90 Å². The largest absolute Gasteiger partial charge is 0.467 e. The number of carbonyl (C=O) groups excluding carboxylic acids is 1. The first kappa shape index (κ1) is 16.4. The maximum absolute atomic E-state index is 11.6. The third kappa shape index (κ3) is 4.26. The number of nitrogens with zero attached hydrogens (tertiary/aromatic N) is 1. The van der Waals surface area contributed by atoms with Crippen molar-refractivity contribution in [3.63, 3.8) is 0 Å². The summed E-state index contributed by atoms with van der Waals surface area (Å²) in [6.45, 7) is 3.58. The first-order valence-electron chi connectivity index (χ1n) is 6.82. The van der Waals surface area contributed by atoms with Crippen molar-refractivity contribution in [1.82, 2.24) is 4.90 Å². The van der Waals surface area contributed by atoms with Gasteiger partial charge in [0.1, 0.15) is 0 Å². The van der Waals surface area contributed by atoms with Gasteiger partial charge in [0.05, 0.1) is 19.8 Å². The number of β-amino-alcohol motifs (C(OH)–C–C–N with tert-alkyl or cyclic N) is 1. The molecule has 116 valence electrons. The Labute approximate surface area is 133 Å². The van der Waals surface area contributed by atoms with Gasteiger partial charge in [-0.15, -0.1) is 0 Å². The minimum atomic E-state index is -1.51. The van der Waals surface area contributed by atoms with Crippen LogP contribution in [0.5, 0.6) is 0 Å². The first-order chi connectivity index (χ1) is 9.92. The average Bonchev–Trinajstić information content (AvgIpc) is 2.46. The number of halogens is 1. The fraction of sp³-hybridized carbons (Fsp3) is 0.533. The second kappa shape index (κ2) is 6.87. The summed E-state index contributed by atoms with van der Waals surface area (Å²) in [6, 6.07) is 7.96. The highest BCUT2D eigenvalue weighted by Crippen LogP contribution is 2.25. The molecule has 1 aromatic rings. The number of benzene rings is 1. The number of aliphatic hydroxyl groups is 1. The Kier molecular flexibility index (Phi) is 5.37. The van der Waals surface area contributed by atoms with E-state index >= 15 is 0 Å². The normalized spacial score (nSPS) is 22.6. The Morgan fingerprint density at radius 2 is 2.38 bits per heavy atom. The highest BCUT2D eigenvalue weighted by atomic mass is 79.9. The molecular weight excluding hydrogens is 338 g/mol. The van der Waals surface area contributed by atoms with E-state index in [0.717, 1.165) is 10.0 Å². The minimum Gasteiger partial charge on any atom is -0.467 e. The fourth-order valence-corrected chi connectivity index (χ4v) is 2.89. The van der Waals surface area contributed by atoms with Crippen molar-refractivity contribution in [1.29, 1.82) is 0 Å². The van der Waals surface area contributed by atoms with Crippen LogP contribution in [0.4, 0.5) is 0 Å². The monoisotopic (exact) mass is 357 g/mol. The van der Waals surface area contributed by atoms with E-state index < -0.39 is 11.6 Å². The summed E-state index contributed by atoms with van der Waals surface area (Å²) in [5.41, 5.74) is -0.430. The Morgan fingerprint density at radius 1 is 1.62 bits per heavy atom. The lowest BCUT2D eigenvalue weighted by Crippen LogP contribution is -2.51. The average molecular weight is 358 g/mol. The first-order valence-corrected chi connectivity index (χ1v) is 7.62. The molecule has 0 bridgehead atoms. The van der Waals surface area contributed by atoms with E-state index in [0.29, 0.717) is 19.7 Å². The van der Waals surface area contributed by atoms with Gasteiger partial charge in [0, 0.05) is 24.1 Å². The van der Waals surface area contributed by atoms with Gasteiger partial charge in [-0.1, -0.05) is 28.1 Å². The van der Waals surface area contributed by atoms with Crippen LogP contribution >= 0.6 is 15.9 Å². The summed E-state index contributed by atoms with van der Waals surface area (Å²) in [4.78, 5) is 13.6. The van der Waals surface area contributed by atoms with Crippen LogP contribution < -0.4 is 0 Å². The van der Waals surface area contributed by atoms with Crippen LogP contribution in [0.2, 0.25) is 0 Å². The molecule has 2 rings (SSSR count). The molecule has 1 N–H and O–H groups in total. The predicted octanol–water partition coefficient (Wildman–Crippen LogP) is 1.75. The zero-order valence-electron chi connectivity index (χ0n) is 12.2. The van der Waals surface area contributed by atoms with Gasteiger partial charge in [-0.2, -0.15) is 0 Å². The van der Waals surface area contributed by atoms with Gasteiger partial charge >= 0.3 is 5.97 Å². The standard InChI is InChI=1S/C15H20BrNO4/c1-15(19,14(18)20-2)10-17-6-7-21-13(9-17)11-4-3-5-12(16)8-11/h3-5,8,13,19H,6-7,9-10H2,1-2H3/t13-,15-/m1/s1. The molecule has 0 amide bonds. The molecule has 5 nitrogen and oxygen atoms in total. The third-order valence-corrected chi connectivity index (χ3v) is 4.02. The molecule has 0 aromatic heterocycles. The van der Waals surface area contributed by atoms with Gasteiger partial charge in [-0.05, 0) is 24.6 Å². The van der Waals surface area contributed by atoms with Crippen molar-refractivity contribution in [3.8, 4) is 0 Å². The molecule has 0 aliphatic carbocycles. The van der Waals surface area contributed by atoms with Gasteiger partial charge in [0.15, 0.2) is 5.60 Å². The molecule has 21 heavy (non-hydrogen) atoms. The maximum atomic E-state index is 11.6. The van der Waals surface area contributed by atoms with Gasteiger partial charge in [-0.3, -0.25) is 4.90 Å². The smallest absolute Gasteiger partial charge is 0.338 e. The number of carbonyl (C=O) groups is 1. The lowest BCUT2D eigenvalue weighted by atomic mass is 10.0. The molecule has 1 fully saturated rings. The highest BCUT2D eigenvalue weighted by molar-refractivity contribution is 9.10. The Morgan fingerprint density at radius 3 is 3.05 bits per heavy atom. The van der Waals surface area contributed by atoms with Gasteiger partial charge in [0.25, 0.3) is 0 Å². The topological polar surface area (TPSA) is 59.0 Å². The van der Waals surface area contributed by atoms with Crippen molar-refractivity contribution in [2.45, 2.75) is 18.6 Å². The third-order valence-electron chi connectivity index (χ3n) is 3.53. The molecule has 2 atom stereocenters. The van der Waals surface area contributed by atoms with Crippen molar-refractivity contribution >= 4 is 21.9 Å². The van der Waals surface area contributed by atoms with Crippen LogP contribution in [0.1, 0.15) is 18.6 Å². The molecule has 1 aliphatic heterocycles. The summed E-state index contributed by atoms with van der Waals surface area (Å²) in [6.07, 6.45) is -0.0651. The molecular formula is C15H20BrNO4. The molecule has 0 unspecified atom stereocenters. The second-order valence-electron chi connectivity index (χ2n) is 5.41. The van der Waals surface area contributed by atoms with E-state index in [-0.39, 0.29) is 12.6 Å². The van der Waals surface area contributed by atoms with E-state index in [1.807, 2.05) is 29.2 Å². The van der Waals surface area contributed by atoms with E-state index in [1.165, 1.54) is 14.0 Å². The SMILES string of the molecule is COC(=O)[C@](C)(O)CN1CCO[C@@H](c2cccc(Br)c2)C1. The summed E-state index contributed by atoms with van der Waals surface area (Å²) in [5, 5.41) is 10.2. The molecule has 1 heterocycles. The van der Waals surface area contributed by atoms with Gasteiger partial charge in [0.2, 0.25) is 0 Å². The summed E-state index contributed by atoms with van der Waals surface area (Å²) >= 11 is 3.45. The molecule has 1 aromatic carbocycles. The van der Waals surface area contributed by atoms with Crippen LogP contribution in [0, 0.1) is 0 Å². The van der Waals surface area contributed by atoms with Crippen LogP contribution in [-0.2, 0) is 14.3 Å². The number of ether oxygens (including phenoxy) is 2. The summed E-state index contributed by atoms with van der Waals surface area (Å²) in [5.74, 6) is -0.618. The molecule has 1 saturated heterocycles. The van der Waals surface area contributed by atoms with Crippen LogP contribution in [-0.4, -0.2) is 54.9 Å². The summed E-state index contributed by atoms with van der Waals surface area (Å²) in [7, 11) is 1.28. The Hall–Kier alpha value is -0.950. The van der Waals surface area contributed by atoms with E-state index in [2.05, 4.69) is 20.7 Å². The number of hydrogen-bond acceptors (Lipinski definition) is 5. The maximum Gasteiger partial charge on any atom is 0.338 e. The highest BCUT2D eigenvalue weighted by Gasteiger charge is 2.35. The zero-order valence-corrected chi connectivity index (χ0v) is 13.8. The van der Waals surface area contributed by atoms with E-state index in [1.54, 1.807) is 0 Å². The lowest BCUT2D eigenvalue weighted by molar-refractivity contribution is -0.164. The van der Waals surface area contributed by atoms with Gasteiger partial charge in [-0.25, -0.2) is 4.79 Å². The zero-order chi connectivity index (χ0) is 15.5. The summed E-state index contributed by atoms with van der Waals surface area (Å²) < 4.78 is 11.4. The van der Waals surface area contributed by atoms with Gasteiger partial charge < -0.3 is 14.6 Å². The number of rotatable bonds is 4. The quantitative estimate of drug-likeness (QED) is 0.831. The Bertz CT molecular complexity index is 506. The molecule has 0 radical (unpaired) electrons. The number of methoxy groups -OCH3 is 1. The lowest BCUT2D eigenvalue weighted by Gasteiger charge is -2.36. The minimum absolute atomic E-state index is 0.0651. The van der Waals surface area contributed by atoms with Crippen molar-refractivity contribution in [3.05, 3.63) is 34.3 Å². The number of morpholine rings is 1. The second-order valence-corrected chi connectivity index (χ2v) is 6.33. The molecule has 1 aliphatic rings. The van der Waals surface area contributed by atoms with Crippen LogP contribution in [0.15, 0.2) is 28.7 Å². The van der Waals surface area contributed by atoms with Crippen molar-refractivity contribution in [2.24, 2.45) is 0 Å². The number of esters is 1. The van der Waals surface area contributed by atoms with E-state index in [4.69, 9.17) is 4.74 Å². The van der Waals surface area contributed by atoms with Crippen molar-refractivity contribution in [2.75, 3.05) is 33.4 Å². The van der Waals surface area contributed by atoms with Crippen molar-refractivity contribution < 1.29 is 19.4 Å². The fourth-order valence-electron chi connectivity index (χ4n) is 2.47. The Balaban J connectivity index is 2.02. The number of hydrogen-bond donors (Lipinski definition) is 1. The van der Waals surface area contributed by atoms with Crippen LogP contribution in [0.25, 0.3) is 0 Å². The molecule has 0 saturated carbocycles. The van der Waals surface area contributed by atoms with Crippen LogP contribution in [0.3, 0.4) is 0 Å². The predicted molar refractivity (Wildman–Crippen MR) is 81.9 cm³/mol.